The van der Waals surface area contributed by atoms with Gasteiger partial charge in [-0.2, -0.15) is 0 Å². The number of hydrogen-bond donors (Lipinski definition) is 3. The van der Waals surface area contributed by atoms with E-state index in [2.05, 4.69) is 20.6 Å². The number of hydrogen-bond acceptors (Lipinski definition) is 5. The second kappa shape index (κ2) is 8.85. The summed E-state index contributed by atoms with van der Waals surface area (Å²) < 4.78 is 30.2. The average Bonchev–Trinajstić information content (AvgIpc) is 3.14. The van der Waals surface area contributed by atoms with E-state index in [4.69, 9.17) is 0 Å². The Balaban J connectivity index is 1.54. The number of benzene rings is 2. The number of carboxylic acids is 1. The summed E-state index contributed by atoms with van der Waals surface area (Å²) in [7, 11) is 1.66. The van der Waals surface area contributed by atoms with Crippen LogP contribution in [0.5, 0.6) is 0 Å². The minimum atomic E-state index is -1.02. The zero-order valence-corrected chi connectivity index (χ0v) is 18.4. The third-order valence-corrected chi connectivity index (χ3v) is 5.67. The van der Waals surface area contributed by atoms with E-state index < -0.39 is 17.6 Å². The number of carbonyl (C=O) groups is 1. The van der Waals surface area contributed by atoms with E-state index in [-0.39, 0.29) is 5.56 Å². The number of fused-ring (bicyclic) bond motifs is 1. The fourth-order valence-electron chi connectivity index (χ4n) is 3.93. The molecule has 170 valence electrons. The van der Waals surface area contributed by atoms with Crippen LogP contribution in [0.2, 0.25) is 0 Å². The van der Waals surface area contributed by atoms with Gasteiger partial charge in [-0.3, -0.25) is 0 Å². The Kier molecular flexibility index (Phi) is 5.95. The molecule has 0 aliphatic carbocycles. The van der Waals surface area contributed by atoms with Crippen LogP contribution < -0.4 is 10.6 Å². The van der Waals surface area contributed by atoms with Gasteiger partial charge in [0.15, 0.2) is 0 Å². The molecule has 0 saturated heterocycles. The zero-order chi connectivity index (χ0) is 23.7. The first kappa shape index (κ1) is 22.2. The smallest absolute Gasteiger partial charge is 0.337 e. The van der Waals surface area contributed by atoms with Crippen molar-refractivity contribution in [2.24, 2.45) is 0 Å². The van der Waals surface area contributed by atoms with Gasteiger partial charge in [0.25, 0.3) is 0 Å². The SMILES string of the molecule is CNc1cc(-c2cc(NCCn3c(C)cc4c(C)c(F)cc(F)c43)ncn2)ccc1C(=O)O. The summed E-state index contributed by atoms with van der Waals surface area (Å²) in [5.74, 6) is -1.58. The molecule has 0 spiro atoms. The van der Waals surface area contributed by atoms with Crippen molar-refractivity contribution in [1.82, 2.24) is 14.5 Å². The molecule has 0 unspecified atom stereocenters. The lowest BCUT2D eigenvalue weighted by molar-refractivity contribution is 0.0698. The average molecular weight is 451 g/mol. The molecule has 0 atom stereocenters. The van der Waals surface area contributed by atoms with E-state index in [1.54, 1.807) is 38.2 Å². The molecular weight excluding hydrogens is 428 g/mol. The van der Waals surface area contributed by atoms with Crippen LogP contribution in [0.1, 0.15) is 21.6 Å². The molecule has 0 amide bonds. The minimum absolute atomic E-state index is 0.172. The van der Waals surface area contributed by atoms with Gasteiger partial charge < -0.3 is 20.3 Å². The Morgan fingerprint density at radius 3 is 2.61 bits per heavy atom. The number of anilines is 2. The maximum atomic E-state index is 14.5. The fourth-order valence-corrected chi connectivity index (χ4v) is 3.93. The molecule has 2 aromatic heterocycles. The van der Waals surface area contributed by atoms with E-state index in [9.17, 15) is 18.7 Å². The van der Waals surface area contributed by atoms with Crippen molar-refractivity contribution >= 4 is 28.4 Å². The first-order valence-electron chi connectivity index (χ1n) is 10.4. The highest BCUT2D eigenvalue weighted by molar-refractivity contribution is 5.95. The van der Waals surface area contributed by atoms with Crippen LogP contribution in [0.25, 0.3) is 22.2 Å². The number of aromatic nitrogens is 3. The summed E-state index contributed by atoms with van der Waals surface area (Å²) in [6.45, 7) is 4.41. The number of nitrogens with one attached hydrogen (secondary N) is 2. The van der Waals surface area contributed by atoms with Crippen LogP contribution in [-0.4, -0.2) is 39.2 Å². The highest BCUT2D eigenvalue weighted by atomic mass is 19.1. The van der Waals surface area contributed by atoms with E-state index in [1.165, 1.54) is 12.4 Å². The van der Waals surface area contributed by atoms with Crippen LogP contribution in [0.15, 0.2) is 42.7 Å². The lowest BCUT2D eigenvalue weighted by atomic mass is 10.1. The topological polar surface area (TPSA) is 92.1 Å². The first-order chi connectivity index (χ1) is 15.8. The molecule has 4 rings (SSSR count). The Hall–Kier alpha value is -4.01. The van der Waals surface area contributed by atoms with E-state index in [0.29, 0.717) is 46.8 Å². The summed E-state index contributed by atoms with van der Waals surface area (Å²) in [5, 5.41) is 16.0. The number of nitrogens with zero attached hydrogens (tertiary/aromatic N) is 3. The van der Waals surface area contributed by atoms with Gasteiger partial charge in [0.2, 0.25) is 0 Å². The second-order valence-corrected chi connectivity index (χ2v) is 7.70. The van der Waals surface area contributed by atoms with Crippen molar-refractivity contribution in [3.05, 3.63) is 71.2 Å². The Labute approximate surface area is 189 Å². The van der Waals surface area contributed by atoms with Gasteiger partial charge in [-0.05, 0) is 37.6 Å². The van der Waals surface area contributed by atoms with E-state index in [1.807, 2.05) is 11.5 Å². The summed E-state index contributed by atoms with van der Waals surface area (Å²) >= 11 is 0. The zero-order valence-electron chi connectivity index (χ0n) is 18.4. The van der Waals surface area contributed by atoms with Gasteiger partial charge in [-0.15, -0.1) is 0 Å². The van der Waals surface area contributed by atoms with Crippen molar-refractivity contribution in [3.8, 4) is 11.3 Å². The van der Waals surface area contributed by atoms with Crippen molar-refractivity contribution in [1.29, 1.82) is 0 Å². The predicted molar refractivity (Wildman–Crippen MR) is 124 cm³/mol. The van der Waals surface area contributed by atoms with Crippen LogP contribution in [0.3, 0.4) is 0 Å². The Bertz CT molecular complexity index is 1370. The minimum Gasteiger partial charge on any atom is -0.478 e. The highest BCUT2D eigenvalue weighted by Crippen LogP contribution is 2.28. The van der Waals surface area contributed by atoms with Gasteiger partial charge in [-0.1, -0.05) is 6.07 Å². The van der Waals surface area contributed by atoms with Crippen LogP contribution >= 0.6 is 0 Å². The Morgan fingerprint density at radius 1 is 1.09 bits per heavy atom. The molecule has 0 saturated carbocycles. The molecule has 2 heterocycles. The van der Waals surface area contributed by atoms with Crippen molar-refractivity contribution in [3.63, 3.8) is 0 Å². The maximum Gasteiger partial charge on any atom is 0.337 e. The van der Waals surface area contributed by atoms with Crippen LogP contribution in [0.4, 0.5) is 20.3 Å². The molecule has 33 heavy (non-hydrogen) atoms. The standard InChI is InChI=1S/C24H23F2N5O2/c1-13-8-17-14(2)18(25)10-19(26)23(17)31(13)7-6-28-22-11-20(29-12-30-22)15-4-5-16(24(32)33)21(9-15)27-3/h4-5,8-12,27H,6-7H2,1-3H3,(H,32,33)(H,28,29,30). The molecule has 0 fully saturated rings. The van der Waals surface area contributed by atoms with Gasteiger partial charge in [0.05, 0.1) is 16.8 Å². The quantitative estimate of drug-likeness (QED) is 0.372. The highest BCUT2D eigenvalue weighted by Gasteiger charge is 2.16. The lowest BCUT2D eigenvalue weighted by Crippen LogP contribution is -2.13. The first-order valence-corrected chi connectivity index (χ1v) is 10.4. The molecule has 4 aromatic rings. The maximum absolute atomic E-state index is 14.5. The van der Waals surface area contributed by atoms with Crippen LogP contribution in [0, 0.1) is 25.5 Å². The van der Waals surface area contributed by atoms with Gasteiger partial charge in [0.1, 0.15) is 23.8 Å². The summed E-state index contributed by atoms with van der Waals surface area (Å²) in [4.78, 5) is 19.9. The van der Waals surface area contributed by atoms with Crippen molar-refractivity contribution in [2.45, 2.75) is 20.4 Å². The lowest BCUT2D eigenvalue weighted by Gasteiger charge is -2.12. The van der Waals surface area contributed by atoms with Crippen molar-refractivity contribution < 1.29 is 18.7 Å². The third-order valence-electron chi connectivity index (χ3n) is 5.67. The molecule has 0 aliphatic rings. The number of halogens is 2. The largest absolute Gasteiger partial charge is 0.478 e. The summed E-state index contributed by atoms with van der Waals surface area (Å²) in [5.41, 5.74) is 3.66. The molecule has 0 radical (unpaired) electrons. The molecule has 0 bridgehead atoms. The molecule has 7 nitrogen and oxygen atoms in total. The molecule has 9 heteroatoms. The monoisotopic (exact) mass is 451 g/mol. The van der Waals surface area contributed by atoms with Crippen molar-refractivity contribution in [2.75, 3.05) is 24.2 Å². The van der Waals surface area contributed by atoms with E-state index in [0.717, 1.165) is 17.3 Å². The Morgan fingerprint density at radius 2 is 1.88 bits per heavy atom. The molecular formula is C24H23F2N5O2. The number of aromatic carboxylic acids is 1. The normalized spacial score (nSPS) is 11.1. The second-order valence-electron chi connectivity index (χ2n) is 7.70. The molecule has 0 aliphatic heterocycles. The number of aryl methyl sites for hydroxylation is 2. The van der Waals surface area contributed by atoms with Gasteiger partial charge >= 0.3 is 5.97 Å². The molecule has 3 N–H and O–H groups in total. The fraction of sp³-hybridized carbons (Fsp3) is 0.208. The summed E-state index contributed by atoms with van der Waals surface area (Å²) in [6.07, 6.45) is 1.42. The third kappa shape index (κ3) is 4.21. The van der Waals surface area contributed by atoms with Gasteiger partial charge in [0, 0.05) is 54.6 Å². The molecule has 2 aromatic carbocycles. The predicted octanol–water partition coefficient (Wildman–Crippen LogP) is 4.85. The number of rotatable bonds is 7. The summed E-state index contributed by atoms with van der Waals surface area (Å²) in [6, 6.07) is 9.41. The van der Waals surface area contributed by atoms with Gasteiger partial charge in [-0.25, -0.2) is 23.5 Å². The van der Waals surface area contributed by atoms with E-state index >= 15 is 0 Å². The van der Waals surface area contributed by atoms with Crippen LogP contribution in [-0.2, 0) is 6.54 Å². The number of carboxylic acid groups (broad SMARTS) is 1.